The van der Waals surface area contributed by atoms with Crippen LogP contribution in [0, 0.1) is 0 Å². The lowest BCUT2D eigenvalue weighted by Crippen LogP contribution is -2.45. The van der Waals surface area contributed by atoms with Gasteiger partial charge in [0.05, 0.1) is 13.7 Å². The number of guanidine groups is 1. The lowest BCUT2D eigenvalue weighted by molar-refractivity contribution is 0.231. The molecule has 0 aliphatic rings. The van der Waals surface area contributed by atoms with Gasteiger partial charge in [-0.3, -0.25) is 4.90 Å². The van der Waals surface area contributed by atoms with Crippen LogP contribution in [0.2, 0.25) is 0 Å². The maximum Gasteiger partial charge on any atom is 0.191 e. The summed E-state index contributed by atoms with van der Waals surface area (Å²) in [6.07, 6.45) is 0. The number of rotatable bonds is 9. The van der Waals surface area contributed by atoms with Gasteiger partial charge in [0.2, 0.25) is 0 Å². The van der Waals surface area contributed by atoms with Crippen molar-refractivity contribution < 1.29 is 4.74 Å². The van der Waals surface area contributed by atoms with Gasteiger partial charge in [0.25, 0.3) is 0 Å². The molecule has 5 heteroatoms. The molecule has 2 N–H and O–H groups in total. The molecule has 0 aromatic heterocycles. The smallest absolute Gasteiger partial charge is 0.191 e. The van der Waals surface area contributed by atoms with Gasteiger partial charge in [0, 0.05) is 24.7 Å². The third kappa shape index (κ3) is 6.48. The van der Waals surface area contributed by atoms with Crippen LogP contribution in [0.3, 0.4) is 0 Å². The van der Waals surface area contributed by atoms with Crippen molar-refractivity contribution in [2.24, 2.45) is 4.99 Å². The van der Waals surface area contributed by atoms with E-state index in [0.717, 1.165) is 43.5 Å². The summed E-state index contributed by atoms with van der Waals surface area (Å²) in [7, 11) is 1.69. The zero-order valence-corrected chi connectivity index (χ0v) is 15.2. The maximum atomic E-state index is 5.38. The van der Waals surface area contributed by atoms with E-state index in [4.69, 9.17) is 4.74 Å². The Morgan fingerprint density at radius 1 is 1.17 bits per heavy atom. The Bertz CT molecular complexity index is 472. The monoisotopic (exact) mass is 320 g/mol. The molecule has 1 aromatic carbocycles. The zero-order valence-electron chi connectivity index (χ0n) is 15.2. The molecule has 5 nitrogen and oxygen atoms in total. The van der Waals surface area contributed by atoms with E-state index in [0.29, 0.717) is 12.6 Å². The molecule has 0 aliphatic heterocycles. The molecule has 23 heavy (non-hydrogen) atoms. The summed E-state index contributed by atoms with van der Waals surface area (Å²) in [5.74, 6) is 1.72. The number of aliphatic imine (C=N–C) groups is 1. The Morgan fingerprint density at radius 2 is 1.87 bits per heavy atom. The van der Waals surface area contributed by atoms with Crippen LogP contribution in [-0.2, 0) is 6.54 Å². The van der Waals surface area contributed by atoms with Gasteiger partial charge in [-0.05, 0) is 33.0 Å². The van der Waals surface area contributed by atoms with Gasteiger partial charge in [-0.15, -0.1) is 0 Å². The molecule has 130 valence electrons. The molecule has 0 spiro atoms. The minimum Gasteiger partial charge on any atom is -0.496 e. The van der Waals surface area contributed by atoms with Crippen LogP contribution in [-0.4, -0.2) is 50.2 Å². The fraction of sp³-hybridized carbons (Fsp3) is 0.611. The van der Waals surface area contributed by atoms with E-state index in [1.807, 2.05) is 24.3 Å². The van der Waals surface area contributed by atoms with Crippen molar-refractivity contribution in [3.63, 3.8) is 0 Å². The Balaban J connectivity index is 2.66. The summed E-state index contributed by atoms with van der Waals surface area (Å²) in [5, 5.41) is 6.73. The Kier molecular flexibility index (Phi) is 9.14. The van der Waals surface area contributed by atoms with E-state index in [-0.39, 0.29) is 0 Å². The number of ether oxygens (including phenoxy) is 1. The summed E-state index contributed by atoms with van der Waals surface area (Å²) < 4.78 is 5.38. The molecule has 0 saturated carbocycles. The highest BCUT2D eigenvalue weighted by atomic mass is 16.5. The Morgan fingerprint density at radius 3 is 2.48 bits per heavy atom. The number of nitrogens with zero attached hydrogens (tertiary/aromatic N) is 2. The summed E-state index contributed by atoms with van der Waals surface area (Å²) in [4.78, 5) is 7.10. The third-order valence-electron chi connectivity index (χ3n) is 3.94. The highest BCUT2D eigenvalue weighted by Crippen LogP contribution is 2.17. The molecule has 1 unspecified atom stereocenters. The molecule has 0 saturated heterocycles. The number of para-hydroxylation sites is 1. The number of hydrogen-bond acceptors (Lipinski definition) is 3. The van der Waals surface area contributed by atoms with Crippen LogP contribution >= 0.6 is 0 Å². The van der Waals surface area contributed by atoms with Crippen molar-refractivity contribution in [3.8, 4) is 5.75 Å². The number of nitrogens with one attached hydrogen (secondary N) is 2. The second kappa shape index (κ2) is 10.9. The zero-order chi connectivity index (χ0) is 17.1. The number of methoxy groups -OCH3 is 1. The largest absolute Gasteiger partial charge is 0.496 e. The highest BCUT2D eigenvalue weighted by Gasteiger charge is 2.10. The van der Waals surface area contributed by atoms with E-state index in [9.17, 15) is 0 Å². The van der Waals surface area contributed by atoms with Crippen molar-refractivity contribution in [1.82, 2.24) is 15.5 Å². The average molecular weight is 320 g/mol. The molecular weight excluding hydrogens is 288 g/mol. The SMILES string of the molecule is CCNC(=NCc1ccccc1OC)NCC(C)N(CC)CC. The lowest BCUT2D eigenvalue weighted by atomic mass is 10.2. The van der Waals surface area contributed by atoms with Crippen molar-refractivity contribution in [3.05, 3.63) is 29.8 Å². The summed E-state index contributed by atoms with van der Waals surface area (Å²) in [5.41, 5.74) is 1.09. The number of hydrogen-bond donors (Lipinski definition) is 2. The third-order valence-corrected chi connectivity index (χ3v) is 3.94. The van der Waals surface area contributed by atoms with Gasteiger partial charge >= 0.3 is 0 Å². The van der Waals surface area contributed by atoms with Crippen molar-refractivity contribution >= 4 is 5.96 Å². The quantitative estimate of drug-likeness (QED) is 0.542. The lowest BCUT2D eigenvalue weighted by Gasteiger charge is -2.27. The summed E-state index contributed by atoms with van der Waals surface area (Å²) >= 11 is 0. The van der Waals surface area contributed by atoms with Gasteiger partial charge in [-0.25, -0.2) is 4.99 Å². The fourth-order valence-electron chi connectivity index (χ4n) is 2.56. The minimum atomic E-state index is 0.472. The Labute approximate surface area is 141 Å². The van der Waals surface area contributed by atoms with Gasteiger partial charge in [0.1, 0.15) is 5.75 Å². The first-order valence-electron chi connectivity index (χ1n) is 8.54. The number of likely N-dealkylation sites (N-methyl/N-ethyl adjacent to an activating group) is 1. The molecule has 1 aromatic rings. The van der Waals surface area contributed by atoms with Crippen LogP contribution in [0.1, 0.15) is 33.3 Å². The molecule has 1 rings (SSSR count). The first-order chi connectivity index (χ1) is 11.2. The Hall–Kier alpha value is -1.75. The van der Waals surface area contributed by atoms with Gasteiger partial charge in [-0.1, -0.05) is 32.0 Å². The normalized spacial score (nSPS) is 13.0. The molecule has 0 fully saturated rings. The highest BCUT2D eigenvalue weighted by molar-refractivity contribution is 5.79. The summed E-state index contributed by atoms with van der Waals surface area (Å²) in [6.45, 7) is 13.2. The van der Waals surface area contributed by atoms with E-state index in [2.05, 4.69) is 48.2 Å². The van der Waals surface area contributed by atoms with Crippen LogP contribution < -0.4 is 15.4 Å². The first kappa shape index (κ1) is 19.3. The molecule has 0 heterocycles. The predicted octanol–water partition coefficient (Wildman–Crippen LogP) is 2.48. The molecule has 0 bridgehead atoms. The predicted molar refractivity (Wildman–Crippen MR) is 98.2 cm³/mol. The van der Waals surface area contributed by atoms with Crippen molar-refractivity contribution in [1.29, 1.82) is 0 Å². The average Bonchev–Trinajstić information content (AvgIpc) is 2.58. The molecule has 0 amide bonds. The fourth-order valence-corrected chi connectivity index (χ4v) is 2.56. The van der Waals surface area contributed by atoms with Crippen LogP contribution in [0.4, 0.5) is 0 Å². The van der Waals surface area contributed by atoms with Crippen molar-refractivity contribution in [2.45, 2.75) is 40.3 Å². The molecule has 1 atom stereocenters. The molecular formula is C18H32N4O. The van der Waals surface area contributed by atoms with Gasteiger partial charge < -0.3 is 15.4 Å². The minimum absolute atomic E-state index is 0.472. The van der Waals surface area contributed by atoms with E-state index < -0.39 is 0 Å². The van der Waals surface area contributed by atoms with E-state index in [1.54, 1.807) is 7.11 Å². The van der Waals surface area contributed by atoms with Crippen molar-refractivity contribution in [2.75, 3.05) is 33.3 Å². The topological polar surface area (TPSA) is 48.9 Å². The first-order valence-corrected chi connectivity index (χ1v) is 8.54. The second-order valence-corrected chi connectivity index (χ2v) is 5.46. The van der Waals surface area contributed by atoms with Gasteiger partial charge in [0.15, 0.2) is 5.96 Å². The van der Waals surface area contributed by atoms with E-state index in [1.165, 1.54) is 0 Å². The van der Waals surface area contributed by atoms with E-state index >= 15 is 0 Å². The molecule has 0 aliphatic carbocycles. The molecule has 0 radical (unpaired) electrons. The van der Waals surface area contributed by atoms with Gasteiger partial charge in [-0.2, -0.15) is 0 Å². The van der Waals surface area contributed by atoms with Crippen LogP contribution in [0.5, 0.6) is 5.75 Å². The second-order valence-electron chi connectivity index (χ2n) is 5.46. The summed E-state index contributed by atoms with van der Waals surface area (Å²) in [6, 6.07) is 8.47. The van der Waals surface area contributed by atoms with Crippen LogP contribution in [0.25, 0.3) is 0 Å². The maximum absolute atomic E-state index is 5.38. The van der Waals surface area contributed by atoms with Crippen LogP contribution in [0.15, 0.2) is 29.3 Å². The standard InChI is InChI=1S/C18H32N4O/c1-6-19-18(20-13-15(4)22(7-2)8-3)21-14-16-11-9-10-12-17(16)23-5/h9-12,15H,6-8,13-14H2,1-5H3,(H2,19,20,21). The number of benzene rings is 1.